The van der Waals surface area contributed by atoms with Crippen LogP contribution in [-0.2, 0) is 9.31 Å². The molecule has 0 aliphatic carbocycles. The molecule has 0 aromatic heterocycles. The monoisotopic (exact) mass is 634 g/mol. The van der Waals surface area contributed by atoms with Gasteiger partial charge in [0.25, 0.3) is 0 Å². The van der Waals surface area contributed by atoms with Crippen LogP contribution in [0, 0.1) is 0 Å². The summed E-state index contributed by atoms with van der Waals surface area (Å²) in [6, 6.07) is 5.61. The van der Waals surface area contributed by atoms with Crippen molar-refractivity contribution in [1.29, 1.82) is 0 Å². The number of halogens is 7. The smallest absolute Gasteiger partial charge is 0.399 e. The van der Waals surface area contributed by atoms with Gasteiger partial charge in [-0.15, -0.1) is 0 Å². The van der Waals surface area contributed by atoms with Crippen molar-refractivity contribution in [3.8, 4) is 0 Å². The Balaban J connectivity index is 0.000000201. The predicted octanol–water partition coefficient (Wildman–Crippen LogP) is 6.29. The summed E-state index contributed by atoms with van der Waals surface area (Å²) < 4.78 is 88.4. The lowest BCUT2D eigenvalue weighted by molar-refractivity contribution is -0.142. The molecule has 3 aliphatic rings. The number of hydrogen-bond acceptors (Lipinski definition) is 6. The Labute approximate surface area is 235 Å². The van der Waals surface area contributed by atoms with Crippen LogP contribution in [0.2, 0.25) is 0 Å². The van der Waals surface area contributed by atoms with E-state index in [-0.39, 0.29) is 16.9 Å². The lowest BCUT2D eigenvalue weighted by Crippen LogP contribution is -2.42. The van der Waals surface area contributed by atoms with Gasteiger partial charge in [-0.05, 0) is 63.5 Å². The molecule has 3 heterocycles. The average Bonchev–Trinajstić information content (AvgIpc) is 3.05. The molecule has 2 unspecified atom stereocenters. The summed E-state index contributed by atoms with van der Waals surface area (Å²) in [6.07, 6.45) is -10.0. The fourth-order valence-corrected chi connectivity index (χ4v) is 4.74. The fourth-order valence-electron chi connectivity index (χ4n) is 4.38. The number of anilines is 2. The van der Waals surface area contributed by atoms with E-state index in [4.69, 9.17) is 9.31 Å². The first-order valence-corrected chi connectivity index (χ1v) is 13.1. The Bertz CT molecular complexity index is 1320. The third-order valence-corrected chi connectivity index (χ3v) is 7.87. The lowest BCUT2D eigenvalue weighted by atomic mass is 9.77. The summed E-state index contributed by atoms with van der Waals surface area (Å²) in [5, 5.41) is 4.72. The molecule has 2 N–H and O–H groups in total. The zero-order chi connectivity index (χ0) is 29.8. The summed E-state index contributed by atoms with van der Waals surface area (Å²) in [5.41, 5.74) is 0.523. The van der Waals surface area contributed by atoms with Gasteiger partial charge in [0, 0.05) is 39.8 Å². The Hall–Kier alpha value is -2.58. The standard InChI is InChI=1S/C16H19BF3NO3.C10H7BrF3NO/c1-14(2)15(3,4)24-17(23-14)9-5-6-11-10(7-9)12(22)8-13(21-11)16(18,19)20;11-5-1-2-7-6(3-5)8(16)4-9(15-7)10(12,13)14/h5-7,13,21H,8H2,1-4H3;1-3,9,15H,4H2. The van der Waals surface area contributed by atoms with E-state index >= 15 is 0 Å². The Morgan fingerprint density at radius 1 is 0.775 bits per heavy atom. The topological polar surface area (TPSA) is 76.7 Å². The third kappa shape index (κ3) is 6.18. The minimum atomic E-state index is -4.46. The van der Waals surface area contributed by atoms with Crippen LogP contribution in [0.15, 0.2) is 40.9 Å². The molecule has 1 saturated heterocycles. The molecule has 6 nitrogen and oxygen atoms in total. The molecule has 0 bridgehead atoms. The Morgan fingerprint density at radius 2 is 1.20 bits per heavy atom. The van der Waals surface area contributed by atoms with Gasteiger partial charge < -0.3 is 19.9 Å². The van der Waals surface area contributed by atoms with Crippen LogP contribution in [0.4, 0.5) is 37.7 Å². The molecule has 14 heteroatoms. The van der Waals surface area contributed by atoms with E-state index < -0.39 is 67.2 Å². The van der Waals surface area contributed by atoms with Gasteiger partial charge in [0.05, 0.1) is 11.2 Å². The Kier molecular flexibility index (Phi) is 7.87. The molecule has 2 atom stereocenters. The SMILES string of the molecule is CC1(C)OB(c2ccc3c(c2)C(=O)CC(C(F)(F)F)N3)OC1(C)C.O=C1CC(C(F)(F)F)Nc2ccc(Br)cc21. The zero-order valence-electron chi connectivity index (χ0n) is 21.9. The quantitative estimate of drug-likeness (QED) is 0.284. The minimum Gasteiger partial charge on any atom is -0.399 e. The molecule has 0 radical (unpaired) electrons. The highest BCUT2D eigenvalue weighted by Gasteiger charge is 2.52. The van der Waals surface area contributed by atoms with Crippen molar-refractivity contribution in [3.63, 3.8) is 0 Å². The molecule has 0 spiro atoms. The number of rotatable bonds is 1. The molecule has 3 aliphatic heterocycles. The molecule has 2 aromatic carbocycles. The van der Waals surface area contributed by atoms with Crippen molar-refractivity contribution >= 4 is 51.5 Å². The molecule has 1 fully saturated rings. The average molecular weight is 635 g/mol. The van der Waals surface area contributed by atoms with E-state index in [0.29, 0.717) is 15.5 Å². The molecule has 0 amide bonds. The second kappa shape index (κ2) is 10.4. The van der Waals surface area contributed by atoms with Crippen molar-refractivity contribution in [1.82, 2.24) is 0 Å². The van der Waals surface area contributed by atoms with E-state index in [1.165, 1.54) is 18.2 Å². The number of carbonyl (C=O) groups is 2. The number of alkyl halides is 6. The number of fused-ring (bicyclic) bond motifs is 2. The van der Waals surface area contributed by atoms with Crippen molar-refractivity contribution in [2.75, 3.05) is 10.6 Å². The largest absolute Gasteiger partial charge is 0.494 e. The van der Waals surface area contributed by atoms with Crippen molar-refractivity contribution in [3.05, 3.63) is 52.0 Å². The summed E-state index contributed by atoms with van der Waals surface area (Å²) in [5.74, 6) is -1.03. The van der Waals surface area contributed by atoms with Crippen LogP contribution in [0.1, 0.15) is 61.3 Å². The maximum atomic E-state index is 12.8. The highest BCUT2D eigenvalue weighted by molar-refractivity contribution is 9.10. The van der Waals surface area contributed by atoms with Crippen LogP contribution in [0.3, 0.4) is 0 Å². The lowest BCUT2D eigenvalue weighted by Gasteiger charge is -2.32. The zero-order valence-corrected chi connectivity index (χ0v) is 23.5. The number of benzene rings is 2. The highest BCUT2D eigenvalue weighted by atomic mass is 79.9. The van der Waals surface area contributed by atoms with Gasteiger partial charge in [-0.1, -0.05) is 22.0 Å². The van der Waals surface area contributed by atoms with Gasteiger partial charge in [-0.3, -0.25) is 9.59 Å². The third-order valence-electron chi connectivity index (χ3n) is 7.38. The Morgan fingerprint density at radius 3 is 1.65 bits per heavy atom. The van der Waals surface area contributed by atoms with Gasteiger partial charge in [0.2, 0.25) is 0 Å². The number of carbonyl (C=O) groups excluding carboxylic acids is 2. The first-order valence-electron chi connectivity index (χ1n) is 12.3. The molecule has 0 saturated carbocycles. The number of hydrogen-bond donors (Lipinski definition) is 2. The van der Waals surface area contributed by atoms with Crippen LogP contribution in [-0.4, -0.2) is 54.3 Å². The van der Waals surface area contributed by atoms with Crippen LogP contribution in [0.5, 0.6) is 0 Å². The minimum absolute atomic E-state index is 0.189. The molecular weight excluding hydrogens is 609 g/mol. The number of ketones is 2. The van der Waals surface area contributed by atoms with Crippen molar-refractivity contribution in [2.24, 2.45) is 0 Å². The molecule has 40 heavy (non-hydrogen) atoms. The van der Waals surface area contributed by atoms with Gasteiger partial charge in [0.1, 0.15) is 12.1 Å². The van der Waals surface area contributed by atoms with Crippen LogP contribution in [0.25, 0.3) is 0 Å². The molecule has 216 valence electrons. The normalized spacial score (nSPS) is 23.3. The van der Waals surface area contributed by atoms with Gasteiger partial charge >= 0.3 is 19.5 Å². The van der Waals surface area contributed by atoms with Crippen molar-refractivity contribution in [2.45, 2.75) is 76.2 Å². The van der Waals surface area contributed by atoms with Gasteiger partial charge in [0.15, 0.2) is 11.6 Å². The second-order valence-electron chi connectivity index (χ2n) is 10.8. The highest BCUT2D eigenvalue weighted by Crippen LogP contribution is 2.38. The maximum absolute atomic E-state index is 12.8. The summed E-state index contributed by atoms with van der Waals surface area (Å²) in [4.78, 5) is 23.7. The van der Waals surface area contributed by atoms with Crippen LogP contribution >= 0.6 is 15.9 Å². The first kappa shape index (κ1) is 30.4. The second-order valence-corrected chi connectivity index (χ2v) is 11.7. The number of nitrogens with one attached hydrogen (secondary N) is 2. The van der Waals surface area contributed by atoms with Crippen LogP contribution < -0.4 is 16.1 Å². The van der Waals surface area contributed by atoms with E-state index in [2.05, 4.69) is 26.6 Å². The first-order chi connectivity index (χ1) is 18.3. The maximum Gasteiger partial charge on any atom is 0.494 e. The molecular formula is C26H26BBrF6N2O4. The number of Topliss-reactive ketones (excluding diaryl/α,β-unsaturated/α-hetero) is 2. The summed E-state index contributed by atoms with van der Waals surface area (Å²) in [6.45, 7) is 7.64. The van der Waals surface area contributed by atoms with E-state index in [1.807, 2.05) is 27.7 Å². The molecule has 2 aromatic rings. The van der Waals surface area contributed by atoms with Crippen molar-refractivity contribution < 1.29 is 45.2 Å². The van der Waals surface area contributed by atoms with Gasteiger partial charge in [-0.25, -0.2) is 0 Å². The van der Waals surface area contributed by atoms with E-state index in [9.17, 15) is 35.9 Å². The van der Waals surface area contributed by atoms with E-state index in [0.717, 1.165) is 0 Å². The predicted molar refractivity (Wildman–Crippen MR) is 141 cm³/mol. The van der Waals surface area contributed by atoms with E-state index in [1.54, 1.807) is 18.2 Å². The fraction of sp³-hybridized carbons (Fsp3) is 0.462. The summed E-state index contributed by atoms with van der Waals surface area (Å²) >= 11 is 3.17. The summed E-state index contributed by atoms with van der Waals surface area (Å²) in [7, 11) is -0.659. The van der Waals surface area contributed by atoms with Gasteiger partial charge in [-0.2, -0.15) is 26.3 Å². The molecule has 5 rings (SSSR count).